The summed E-state index contributed by atoms with van der Waals surface area (Å²) in [6.07, 6.45) is -2.84. The van der Waals surface area contributed by atoms with E-state index >= 15 is 0 Å². The fourth-order valence-electron chi connectivity index (χ4n) is 4.14. The van der Waals surface area contributed by atoms with E-state index in [1.165, 1.54) is 12.1 Å². The van der Waals surface area contributed by atoms with Crippen molar-refractivity contribution in [2.45, 2.75) is 30.5 Å². The number of nitrogens with zero attached hydrogens (tertiary/aromatic N) is 1. The first kappa shape index (κ1) is 22.1. The van der Waals surface area contributed by atoms with Crippen molar-refractivity contribution in [1.29, 1.82) is 0 Å². The van der Waals surface area contributed by atoms with Gasteiger partial charge in [-0.3, -0.25) is 9.69 Å². The molecule has 1 saturated heterocycles. The van der Waals surface area contributed by atoms with E-state index in [-0.39, 0.29) is 11.9 Å². The lowest BCUT2D eigenvalue weighted by molar-refractivity contribution is -0.137. The van der Waals surface area contributed by atoms with Crippen LogP contribution in [0.2, 0.25) is 5.02 Å². The van der Waals surface area contributed by atoms with Gasteiger partial charge in [0.2, 0.25) is 5.91 Å². The molecule has 1 heterocycles. The Bertz CT molecular complexity index is 906. The zero-order valence-corrected chi connectivity index (χ0v) is 17.7. The molecule has 8 heteroatoms. The Kier molecular flexibility index (Phi) is 6.28. The fraction of sp³-hybridized carbons (Fsp3) is 0.435. The molecule has 4 rings (SSSR count). The van der Waals surface area contributed by atoms with Crippen molar-refractivity contribution < 1.29 is 22.7 Å². The van der Waals surface area contributed by atoms with Gasteiger partial charge in [-0.05, 0) is 48.2 Å². The standard InChI is InChI=1S/C23H24ClF3N2O2/c24-19-7-5-17(6-8-19)22(9-10-22)21(30)28-15-20(29-11-13-31-14-12-29)16-1-3-18(4-2-16)23(25,26)27/h1-8,20H,9-15H2,(H,28,30). The van der Waals surface area contributed by atoms with E-state index in [1.807, 2.05) is 12.1 Å². The highest BCUT2D eigenvalue weighted by atomic mass is 35.5. The number of hydrogen-bond donors (Lipinski definition) is 1. The number of alkyl halides is 3. The maximum Gasteiger partial charge on any atom is 0.416 e. The number of benzene rings is 2. The molecule has 1 amide bonds. The number of nitrogens with one attached hydrogen (secondary N) is 1. The van der Waals surface area contributed by atoms with E-state index in [4.69, 9.17) is 16.3 Å². The van der Waals surface area contributed by atoms with Gasteiger partial charge in [-0.25, -0.2) is 0 Å². The first-order valence-corrected chi connectivity index (χ1v) is 10.7. The van der Waals surface area contributed by atoms with Crippen molar-refractivity contribution in [2.75, 3.05) is 32.8 Å². The minimum Gasteiger partial charge on any atom is -0.379 e. The van der Waals surface area contributed by atoms with Crippen LogP contribution < -0.4 is 5.32 Å². The van der Waals surface area contributed by atoms with Crippen molar-refractivity contribution >= 4 is 17.5 Å². The Morgan fingerprint density at radius 1 is 1.06 bits per heavy atom. The molecule has 1 aliphatic carbocycles. The average Bonchev–Trinajstić information content (AvgIpc) is 3.57. The molecule has 0 spiro atoms. The molecule has 2 aromatic rings. The lowest BCUT2D eigenvalue weighted by atomic mass is 9.94. The Morgan fingerprint density at radius 3 is 2.23 bits per heavy atom. The summed E-state index contributed by atoms with van der Waals surface area (Å²) in [6.45, 7) is 2.74. The lowest BCUT2D eigenvalue weighted by Crippen LogP contribution is -2.45. The van der Waals surface area contributed by atoms with Crippen LogP contribution in [0.5, 0.6) is 0 Å². The summed E-state index contributed by atoms with van der Waals surface area (Å²) >= 11 is 5.97. The maximum absolute atomic E-state index is 13.1. The number of rotatable bonds is 6. The number of morpholine rings is 1. The number of carbonyl (C=O) groups excluding carboxylic acids is 1. The quantitative estimate of drug-likeness (QED) is 0.697. The van der Waals surface area contributed by atoms with E-state index in [2.05, 4.69) is 10.2 Å². The summed E-state index contributed by atoms with van der Waals surface area (Å²) in [5, 5.41) is 3.68. The molecule has 2 aliphatic rings. The van der Waals surface area contributed by atoms with Crippen molar-refractivity contribution in [1.82, 2.24) is 10.2 Å². The summed E-state index contributed by atoms with van der Waals surface area (Å²) in [4.78, 5) is 15.2. The van der Waals surface area contributed by atoms with Gasteiger partial charge in [0.05, 0.1) is 30.2 Å². The van der Waals surface area contributed by atoms with Crippen LogP contribution in [0.3, 0.4) is 0 Å². The van der Waals surface area contributed by atoms with Crippen molar-refractivity contribution in [2.24, 2.45) is 0 Å². The van der Waals surface area contributed by atoms with Crippen LogP contribution in [0, 0.1) is 0 Å². The van der Waals surface area contributed by atoms with Gasteiger partial charge in [-0.1, -0.05) is 35.9 Å². The second kappa shape index (κ2) is 8.81. The van der Waals surface area contributed by atoms with Crippen LogP contribution in [-0.2, 0) is 21.1 Å². The number of amides is 1. The van der Waals surface area contributed by atoms with Crippen molar-refractivity contribution in [3.05, 3.63) is 70.2 Å². The first-order valence-electron chi connectivity index (χ1n) is 10.3. The summed E-state index contributed by atoms with van der Waals surface area (Å²) in [5.41, 5.74) is 0.458. The van der Waals surface area contributed by atoms with Gasteiger partial charge in [-0.2, -0.15) is 13.2 Å². The largest absolute Gasteiger partial charge is 0.416 e. The third kappa shape index (κ3) is 4.89. The molecule has 1 saturated carbocycles. The fourth-order valence-corrected chi connectivity index (χ4v) is 4.27. The highest BCUT2D eigenvalue weighted by Gasteiger charge is 2.51. The van der Waals surface area contributed by atoms with Crippen LogP contribution in [-0.4, -0.2) is 43.7 Å². The molecule has 1 aliphatic heterocycles. The van der Waals surface area contributed by atoms with Crippen LogP contribution in [0.25, 0.3) is 0 Å². The van der Waals surface area contributed by atoms with Gasteiger partial charge in [0, 0.05) is 24.7 Å². The molecule has 166 valence electrons. The molecular weight excluding hydrogens is 429 g/mol. The van der Waals surface area contributed by atoms with Crippen LogP contribution >= 0.6 is 11.6 Å². The maximum atomic E-state index is 13.1. The molecule has 0 aromatic heterocycles. The van der Waals surface area contributed by atoms with Gasteiger partial charge < -0.3 is 10.1 Å². The van der Waals surface area contributed by atoms with Gasteiger partial charge >= 0.3 is 6.18 Å². The molecule has 1 unspecified atom stereocenters. The van der Waals surface area contributed by atoms with Gasteiger partial charge in [0.25, 0.3) is 0 Å². The van der Waals surface area contributed by atoms with E-state index in [1.54, 1.807) is 12.1 Å². The Balaban J connectivity index is 1.50. The minimum atomic E-state index is -4.38. The normalized spacial score (nSPS) is 19.6. The third-order valence-corrected chi connectivity index (χ3v) is 6.40. The van der Waals surface area contributed by atoms with Crippen LogP contribution in [0.15, 0.2) is 48.5 Å². The van der Waals surface area contributed by atoms with E-state index < -0.39 is 17.2 Å². The van der Waals surface area contributed by atoms with Crippen LogP contribution in [0.1, 0.15) is 35.6 Å². The van der Waals surface area contributed by atoms with Gasteiger partial charge in [-0.15, -0.1) is 0 Å². The Hall–Kier alpha value is -2.09. The zero-order valence-electron chi connectivity index (χ0n) is 16.9. The molecule has 2 aromatic carbocycles. The summed E-state index contributed by atoms with van der Waals surface area (Å²) in [6, 6.07) is 12.3. The number of halogens is 4. The number of carbonyl (C=O) groups is 1. The van der Waals surface area contributed by atoms with Crippen molar-refractivity contribution in [3.63, 3.8) is 0 Å². The molecule has 1 N–H and O–H groups in total. The first-order chi connectivity index (χ1) is 14.8. The average molecular weight is 453 g/mol. The second-order valence-corrected chi connectivity index (χ2v) is 8.52. The minimum absolute atomic E-state index is 0.0556. The van der Waals surface area contributed by atoms with Crippen LogP contribution in [0.4, 0.5) is 13.2 Å². The van der Waals surface area contributed by atoms with Crippen molar-refractivity contribution in [3.8, 4) is 0 Å². The molecule has 2 fully saturated rings. The topological polar surface area (TPSA) is 41.6 Å². The predicted octanol–water partition coefficient (Wildman–Crippen LogP) is 4.58. The van der Waals surface area contributed by atoms with E-state index in [9.17, 15) is 18.0 Å². The Morgan fingerprint density at radius 2 is 1.68 bits per heavy atom. The highest BCUT2D eigenvalue weighted by molar-refractivity contribution is 6.30. The number of ether oxygens (including phenoxy) is 1. The molecule has 4 nitrogen and oxygen atoms in total. The van der Waals surface area contributed by atoms with Gasteiger partial charge in [0.15, 0.2) is 0 Å². The smallest absolute Gasteiger partial charge is 0.379 e. The number of hydrogen-bond acceptors (Lipinski definition) is 3. The molecular formula is C23H24ClF3N2O2. The zero-order chi connectivity index (χ0) is 22.1. The summed E-state index contributed by atoms with van der Waals surface area (Å²) < 4.78 is 44.3. The van der Waals surface area contributed by atoms with Gasteiger partial charge in [0.1, 0.15) is 0 Å². The van der Waals surface area contributed by atoms with E-state index in [0.717, 1.165) is 36.1 Å². The van der Waals surface area contributed by atoms with E-state index in [0.29, 0.717) is 37.9 Å². The highest BCUT2D eigenvalue weighted by Crippen LogP contribution is 2.48. The summed E-state index contributed by atoms with van der Waals surface area (Å²) in [5.74, 6) is -0.0556. The monoisotopic (exact) mass is 452 g/mol. The molecule has 1 atom stereocenters. The second-order valence-electron chi connectivity index (χ2n) is 8.08. The Labute approximate surface area is 184 Å². The predicted molar refractivity (Wildman–Crippen MR) is 112 cm³/mol. The molecule has 0 radical (unpaired) electrons. The SMILES string of the molecule is O=C(NCC(c1ccc(C(F)(F)F)cc1)N1CCOCC1)C1(c2ccc(Cl)cc2)CC1. The molecule has 31 heavy (non-hydrogen) atoms. The summed E-state index contributed by atoms with van der Waals surface area (Å²) in [7, 11) is 0. The third-order valence-electron chi connectivity index (χ3n) is 6.15. The molecule has 0 bridgehead atoms. The lowest BCUT2D eigenvalue weighted by Gasteiger charge is -2.35.